The summed E-state index contributed by atoms with van der Waals surface area (Å²) < 4.78 is 4.29. The molecule has 0 unspecified atom stereocenters. The molecular weight excluding hydrogens is 224 g/mol. The summed E-state index contributed by atoms with van der Waals surface area (Å²) in [5, 5.41) is 9.79. The lowest BCUT2D eigenvalue weighted by atomic mass is 10.0. The summed E-state index contributed by atoms with van der Waals surface area (Å²) in [5.41, 5.74) is 6.20. The molecule has 0 amide bonds. The molecule has 1 aliphatic rings. The van der Waals surface area contributed by atoms with E-state index in [1.165, 1.54) is 27.9 Å². The van der Waals surface area contributed by atoms with Crippen molar-refractivity contribution >= 4 is 10.9 Å². The fourth-order valence-electron chi connectivity index (χ4n) is 3.09. The van der Waals surface area contributed by atoms with Crippen molar-refractivity contribution in [3.05, 3.63) is 35.5 Å². The van der Waals surface area contributed by atoms with Gasteiger partial charge < -0.3 is 4.57 Å². The Kier molecular flexibility index (Phi) is 1.77. The first-order valence-corrected chi connectivity index (χ1v) is 6.24. The third-order valence-corrected chi connectivity index (χ3v) is 3.91. The first-order chi connectivity index (χ1) is 8.77. The molecule has 1 aromatic carbocycles. The minimum Gasteiger partial charge on any atom is -0.342 e. The Morgan fingerprint density at radius 3 is 2.89 bits per heavy atom. The molecule has 4 heteroatoms. The van der Waals surface area contributed by atoms with E-state index < -0.39 is 0 Å². The van der Waals surface area contributed by atoms with Gasteiger partial charge in [0, 0.05) is 24.5 Å². The molecule has 0 spiro atoms. The molecule has 0 saturated carbocycles. The molecular formula is C14H14N4. The summed E-state index contributed by atoms with van der Waals surface area (Å²) in [7, 11) is 2.13. The molecule has 3 aromatic rings. The van der Waals surface area contributed by atoms with Crippen LogP contribution in [0.4, 0.5) is 0 Å². The fourth-order valence-corrected chi connectivity index (χ4v) is 3.09. The molecule has 0 saturated heterocycles. The Bertz CT molecular complexity index is 764. The molecule has 0 atom stereocenters. The van der Waals surface area contributed by atoms with Crippen LogP contribution in [0.15, 0.2) is 24.3 Å². The second kappa shape index (κ2) is 3.22. The van der Waals surface area contributed by atoms with Crippen molar-refractivity contribution in [1.29, 1.82) is 0 Å². The molecule has 0 N–H and O–H groups in total. The average molecular weight is 238 g/mol. The van der Waals surface area contributed by atoms with Crippen molar-refractivity contribution in [3.63, 3.8) is 0 Å². The molecule has 18 heavy (non-hydrogen) atoms. The zero-order valence-electron chi connectivity index (χ0n) is 10.5. The Labute approximate surface area is 105 Å². The maximum atomic E-state index is 4.22. The monoisotopic (exact) mass is 238 g/mol. The summed E-state index contributed by atoms with van der Waals surface area (Å²) >= 11 is 0. The predicted molar refractivity (Wildman–Crippen MR) is 70.4 cm³/mol. The predicted octanol–water partition coefficient (Wildman–Crippen LogP) is 2.30. The lowest BCUT2D eigenvalue weighted by molar-refractivity contribution is 0.580. The van der Waals surface area contributed by atoms with Crippen molar-refractivity contribution < 1.29 is 0 Å². The van der Waals surface area contributed by atoms with Crippen LogP contribution in [0.5, 0.6) is 0 Å². The summed E-state index contributed by atoms with van der Waals surface area (Å²) in [6.07, 6.45) is 1.03. The lowest BCUT2D eigenvalue weighted by Crippen LogP contribution is -2.13. The van der Waals surface area contributed by atoms with Crippen LogP contribution in [0.3, 0.4) is 0 Å². The van der Waals surface area contributed by atoms with Crippen LogP contribution in [-0.2, 0) is 20.0 Å². The molecule has 0 bridgehead atoms. The summed E-state index contributed by atoms with van der Waals surface area (Å²) in [6, 6.07) is 8.59. The highest BCUT2D eigenvalue weighted by Gasteiger charge is 2.25. The largest absolute Gasteiger partial charge is 0.342 e. The van der Waals surface area contributed by atoms with Crippen LogP contribution >= 0.6 is 0 Å². The van der Waals surface area contributed by atoms with Gasteiger partial charge in [-0.1, -0.05) is 23.4 Å². The number of rotatable bonds is 0. The van der Waals surface area contributed by atoms with Gasteiger partial charge in [-0.2, -0.15) is 0 Å². The van der Waals surface area contributed by atoms with E-state index in [1.807, 2.05) is 11.6 Å². The molecule has 1 aliphatic heterocycles. The van der Waals surface area contributed by atoms with Crippen LogP contribution in [0.2, 0.25) is 0 Å². The summed E-state index contributed by atoms with van der Waals surface area (Å²) in [5.74, 6) is 0. The van der Waals surface area contributed by atoms with E-state index in [2.05, 4.69) is 46.2 Å². The summed E-state index contributed by atoms with van der Waals surface area (Å²) in [6.45, 7) is 2.96. The van der Waals surface area contributed by atoms with Gasteiger partial charge in [0.25, 0.3) is 0 Å². The van der Waals surface area contributed by atoms with Crippen LogP contribution in [0.25, 0.3) is 22.3 Å². The number of nitrogens with zero attached hydrogens (tertiary/aromatic N) is 4. The summed E-state index contributed by atoms with van der Waals surface area (Å²) in [4.78, 5) is 0. The van der Waals surface area contributed by atoms with E-state index in [1.54, 1.807) is 0 Å². The maximum absolute atomic E-state index is 4.22. The molecule has 0 aliphatic carbocycles. The topological polar surface area (TPSA) is 35.6 Å². The van der Waals surface area contributed by atoms with Crippen molar-refractivity contribution in [1.82, 2.24) is 19.6 Å². The van der Waals surface area contributed by atoms with Gasteiger partial charge in [0.1, 0.15) is 5.69 Å². The number of aryl methyl sites for hydroxylation is 4. The molecule has 4 rings (SSSR count). The first-order valence-electron chi connectivity index (χ1n) is 6.24. The highest BCUT2D eigenvalue weighted by atomic mass is 15.4. The van der Waals surface area contributed by atoms with Gasteiger partial charge in [0.05, 0.1) is 11.4 Å². The van der Waals surface area contributed by atoms with E-state index in [0.29, 0.717) is 0 Å². The van der Waals surface area contributed by atoms with Gasteiger partial charge in [0.15, 0.2) is 0 Å². The van der Waals surface area contributed by atoms with Gasteiger partial charge >= 0.3 is 0 Å². The molecule has 4 nitrogen and oxygen atoms in total. The van der Waals surface area contributed by atoms with Gasteiger partial charge in [0.2, 0.25) is 0 Å². The first kappa shape index (κ1) is 9.88. The van der Waals surface area contributed by atoms with Crippen molar-refractivity contribution in [3.8, 4) is 11.4 Å². The Hall–Kier alpha value is -2.10. The van der Waals surface area contributed by atoms with E-state index in [4.69, 9.17) is 0 Å². The number of aromatic nitrogens is 4. The maximum Gasteiger partial charge on any atom is 0.108 e. The van der Waals surface area contributed by atoms with Crippen molar-refractivity contribution in [2.45, 2.75) is 19.9 Å². The lowest BCUT2D eigenvalue weighted by Gasteiger charge is -2.16. The van der Waals surface area contributed by atoms with E-state index in [0.717, 1.165) is 18.7 Å². The second-order valence-electron chi connectivity index (χ2n) is 4.90. The standard InChI is InChI=1S/C14H14N4/c1-9-13-14-11(7-8-18(13)16-15-9)10-5-3-4-6-12(10)17(14)2/h3-6H,7-8H2,1-2H3. The molecule has 0 fully saturated rings. The molecule has 0 radical (unpaired) electrons. The van der Waals surface area contributed by atoms with Crippen molar-refractivity contribution in [2.75, 3.05) is 0 Å². The number of hydrogen-bond donors (Lipinski definition) is 0. The van der Waals surface area contributed by atoms with Crippen LogP contribution in [-0.4, -0.2) is 19.6 Å². The second-order valence-corrected chi connectivity index (χ2v) is 4.90. The zero-order valence-corrected chi connectivity index (χ0v) is 10.5. The SMILES string of the molecule is Cc1nnn2c1-c1c(c3ccccc3n1C)CC2. The highest BCUT2D eigenvalue weighted by molar-refractivity contribution is 5.92. The number of benzene rings is 1. The normalized spacial score (nSPS) is 13.7. The smallest absolute Gasteiger partial charge is 0.108 e. The van der Waals surface area contributed by atoms with Gasteiger partial charge in [-0.05, 0) is 25.0 Å². The minimum absolute atomic E-state index is 0.928. The average Bonchev–Trinajstić information content (AvgIpc) is 2.91. The Balaban J connectivity index is 2.19. The van der Waals surface area contributed by atoms with E-state index >= 15 is 0 Å². The van der Waals surface area contributed by atoms with Gasteiger partial charge in [-0.15, -0.1) is 5.10 Å². The quantitative estimate of drug-likeness (QED) is 0.602. The third kappa shape index (κ3) is 1.05. The van der Waals surface area contributed by atoms with E-state index in [9.17, 15) is 0 Å². The molecule has 90 valence electrons. The van der Waals surface area contributed by atoms with Gasteiger partial charge in [-0.3, -0.25) is 0 Å². The van der Waals surface area contributed by atoms with Crippen LogP contribution in [0.1, 0.15) is 11.3 Å². The molecule has 3 heterocycles. The number of hydrogen-bond acceptors (Lipinski definition) is 2. The highest BCUT2D eigenvalue weighted by Crippen LogP contribution is 2.37. The number of para-hydroxylation sites is 1. The fraction of sp³-hybridized carbons (Fsp3) is 0.286. The third-order valence-electron chi connectivity index (χ3n) is 3.91. The molecule has 2 aromatic heterocycles. The van der Waals surface area contributed by atoms with Crippen LogP contribution in [0, 0.1) is 6.92 Å². The minimum atomic E-state index is 0.928. The van der Waals surface area contributed by atoms with E-state index in [-0.39, 0.29) is 0 Å². The van der Waals surface area contributed by atoms with Crippen LogP contribution < -0.4 is 0 Å². The Morgan fingerprint density at radius 2 is 2.00 bits per heavy atom. The zero-order chi connectivity index (χ0) is 12.3. The Morgan fingerprint density at radius 1 is 1.17 bits per heavy atom. The van der Waals surface area contributed by atoms with Gasteiger partial charge in [-0.25, -0.2) is 4.68 Å². The number of fused-ring (bicyclic) bond motifs is 5. The van der Waals surface area contributed by atoms with Crippen molar-refractivity contribution in [2.24, 2.45) is 7.05 Å².